The average Bonchev–Trinajstić information content (AvgIpc) is 2.86. The van der Waals surface area contributed by atoms with Crippen LogP contribution >= 0.6 is 0 Å². The van der Waals surface area contributed by atoms with Gasteiger partial charge < -0.3 is 4.84 Å². The highest BCUT2D eigenvalue weighted by atomic mass is 16.7. The van der Waals surface area contributed by atoms with Crippen LogP contribution in [-0.4, -0.2) is 6.10 Å². The van der Waals surface area contributed by atoms with Crippen molar-refractivity contribution in [3.05, 3.63) is 4.91 Å². The first kappa shape index (κ1) is 16.8. The zero-order valence-electron chi connectivity index (χ0n) is 15.8. The van der Waals surface area contributed by atoms with Crippen LogP contribution < -0.4 is 0 Å². The predicted molar refractivity (Wildman–Crippen MR) is 96.2 cm³/mol. The minimum absolute atomic E-state index is 0.0778. The van der Waals surface area contributed by atoms with Crippen molar-refractivity contribution >= 4 is 0 Å². The van der Waals surface area contributed by atoms with Crippen molar-refractivity contribution in [3.8, 4) is 0 Å². The third-order valence-corrected chi connectivity index (χ3v) is 9.40. The molecule has 4 aliphatic rings. The van der Waals surface area contributed by atoms with Gasteiger partial charge in [0.2, 0.25) is 0 Å². The summed E-state index contributed by atoms with van der Waals surface area (Å²) in [6.45, 7) is 7.43. The second-order valence-electron chi connectivity index (χ2n) is 9.93. The fourth-order valence-corrected chi connectivity index (χ4v) is 8.24. The summed E-state index contributed by atoms with van der Waals surface area (Å²) in [4.78, 5) is 16.4. The van der Waals surface area contributed by atoms with Crippen molar-refractivity contribution in [2.45, 2.75) is 91.1 Å². The van der Waals surface area contributed by atoms with Gasteiger partial charge in [-0.1, -0.05) is 40.0 Å². The standard InChI is InChI=1S/C21H35NO2/c1-4-14-13-18(24-22-23)19-16-9-8-15-7-5-6-11-20(15,2)17(16)10-12-21(14,19)3/h14-19H,4-13H2,1-3H3/t14-,15?,16+,17-,18?,19+,20-,21+/m0/s1. The van der Waals surface area contributed by atoms with Crippen LogP contribution in [0.25, 0.3) is 0 Å². The van der Waals surface area contributed by atoms with E-state index < -0.39 is 0 Å². The summed E-state index contributed by atoms with van der Waals surface area (Å²) in [7, 11) is 0. The van der Waals surface area contributed by atoms with E-state index in [1.807, 2.05) is 0 Å². The Labute approximate surface area is 147 Å². The van der Waals surface area contributed by atoms with E-state index in [2.05, 4.69) is 26.1 Å². The number of fused-ring (bicyclic) bond motifs is 5. The molecule has 0 aromatic rings. The molecule has 0 saturated heterocycles. The van der Waals surface area contributed by atoms with E-state index in [1.54, 1.807) is 0 Å². The third kappa shape index (κ3) is 2.22. The SMILES string of the molecule is CC[C@H]1CC(ON=O)[C@H]2[C@@H]3CCC4CCCC[C@]4(C)[C@H]3CC[C@]12C. The van der Waals surface area contributed by atoms with Crippen LogP contribution in [0.2, 0.25) is 0 Å². The lowest BCUT2D eigenvalue weighted by atomic mass is 9.44. The highest BCUT2D eigenvalue weighted by Gasteiger charge is 2.63. The van der Waals surface area contributed by atoms with Crippen LogP contribution in [-0.2, 0) is 4.84 Å². The number of nitrogens with zero attached hydrogens (tertiary/aromatic N) is 1. The molecule has 4 rings (SSSR count). The zero-order chi connectivity index (χ0) is 16.9. The number of rotatable bonds is 3. The molecule has 0 heterocycles. The first-order chi connectivity index (χ1) is 11.5. The number of hydrogen-bond acceptors (Lipinski definition) is 3. The third-order valence-electron chi connectivity index (χ3n) is 9.40. The number of hydrogen-bond donors (Lipinski definition) is 0. The molecule has 8 atom stereocenters. The molecule has 0 spiro atoms. The summed E-state index contributed by atoms with van der Waals surface area (Å²) in [6.07, 6.45) is 13.6. The smallest absolute Gasteiger partial charge is 0.155 e. The van der Waals surface area contributed by atoms with Gasteiger partial charge in [0.05, 0.1) is 0 Å². The Kier molecular flexibility index (Phi) is 4.20. The molecule has 136 valence electrons. The predicted octanol–water partition coefficient (Wildman–Crippen LogP) is 6.12. The largest absolute Gasteiger partial charge is 0.360 e. The van der Waals surface area contributed by atoms with E-state index in [1.165, 1.54) is 57.8 Å². The van der Waals surface area contributed by atoms with Gasteiger partial charge in [-0.05, 0) is 79.4 Å². The van der Waals surface area contributed by atoms with Gasteiger partial charge in [0.25, 0.3) is 0 Å². The topological polar surface area (TPSA) is 38.7 Å². The van der Waals surface area contributed by atoms with E-state index in [0.29, 0.717) is 22.7 Å². The monoisotopic (exact) mass is 333 g/mol. The van der Waals surface area contributed by atoms with E-state index in [9.17, 15) is 4.91 Å². The molecule has 0 N–H and O–H groups in total. The van der Waals surface area contributed by atoms with Gasteiger partial charge in [0.1, 0.15) is 6.10 Å². The van der Waals surface area contributed by atoms with Crippen molar-refractivity contribution in [2.75, 3.05) is 0 Å². The molecular weight excluding hydrogens is 298 g/mol. The molecule has 0 radical (unpaired) electrons. The summed E-state index contributed by atoms with van der Waals surface area (Å²) in [5.74, 6) is 3.81. The van der Waals surface area contributed by atoms with Crippen molar-refractivity contribution < 1.29 is 4.84 Å². The summed E-state index contributed by atoms with van der Waals surface area (Å²) >= 11 is 0. The quantitative estimate of drug-likeness (QED) is 0.461. The Morgan fingerprint density at radius 1 is 1.04 bits per heavy atom. The van der Waals surface area contributed by atoms with Crippen molar-refractivity contribution in [3.63, 3.8) is 0 Å². The molecule has 24 heavy (non-hydrogen) atoms. The highest BCUT2D eigenvalue weighted by molar-refractivity contribution is 5.11. The fourth-order valence-electron chi connectivity index (χ4n) is 8.24. The Morgan fingerprint density at radius 2 is 1.88 bits per heavy atom. The van der Waals surface area contributed by atoms with E-state index >= 15 is 0 Å². The van der Waals surface area contributed by atoms with Crippen molar-refractivity contribution in [1.82, 2.24) is 0 Å². The maximum atomic E-state index is 10.9. The van der Waals surface area contributed by atoms with E-state index in [-0.39, 0.29) is 6.10 Å². The van der Waals surface area contributed by atoms with E-state index in [0.717, 1.165) is 24.2 Å². The van der Waals surface area contributed by atoms with Crippen LogP contribution in [0.3, 0.4) is 0 Å². The van der Waals surface area contributed by atoms with E-state index in [4.69, 9.17) is 4.84 Å². The van der Waals surface area contributed by atoms with Gasteiger partial charge in [-0.25, -0.2) is 0 Å². The van der Waals surface area contributed by atoms with Gasteiger partial charge >= 0.3 is 0 Å². The fraction of sp³-hybridized carbons (Fsp3) is 1.00. The molecule has 4 aliphatic carbocycles. The second-order valence-corrected chi connectivity index (χ2v) is 9.93. The van der Waals surface area contributed by atoms with Gasteiger partial charge in [-0.2, -0.15) is 0 Å². The lowest BCUT2D eigenvalue weighted by Gasteiger charge is -2.60. The Morgan fingerprint density at radius 3 is 2.62 bits per heavy atom. The molecule has 4 fully saturated rings. The van der Waals surface area contributed by atoms with Crippen LogP contribution in [0, 0.1) is 45.3 Å². The molecule has 4 saturated carbocycles. The zero-order valence-corrected chi connectivity index (χ0v) is 15.8. The lowest BCUT2D eigenvalue weighted by molar-refractivity contribution is -0.137. The van der Waals surface area contributed by atoms with Gasteiger partial charge in [-0.15, -0.1) is 4.91 Å². The molecule has 0 aliphatic heterocycles. The molecule has 0 aromatic heterocycles. The highest BCUT2D eigenvalue weighted by Crippen LogP contribution is 2.68. The second kappa shape index (κ2) is 5.99. The summed E-state index contributed by atoms with van der Waals surface area (Å²) in [6, 6.07) is 0. The lowest BCUT2D eigenvalue weighted by Crippen LogP contribution is -2.54. The molecule has 2 unspecified atom stereocenters. The summed E-state index contributed by atoms with van der Waals surface area (Å²) in [5, 5.41) is 2.89. The summed E-state index contributed by atoms with van der Waals surface area (Å²) in [5.41, 5.74) is 0.912. The average molecular weight is 334 g/mol. The first-order valence-corrected chi connectivity index (χ1v) is 10.5. The molecule has 3 heteroatoms. The Bertz CT molecular complexity index is 494. The summed E-state index contributed by atoms with van der Waals surface area (Å²) < 4.78 is 0. The molecule has 0 amide bonds. The van der Waals surface area contributed by atoms with Gasteiger partial charge in [0, 0.05) is 5.92 Å². The normalized spacial score (nSPS) is 53.6. The Hall–Kier alpha value is -0.600. The minimum Gasteiger partial charge on any atom is -0.360 e. The van der Waals surface area contributed by atoms with Gasteiger partial charge in [-0.3, -0.25) is 0 Å². The molecule has 3 nitrogen and oxygen atoms in total. The van der Waals surface area contributed by atoms with Crippen LogP contribution in [0.15, 0.2) is 5.34 Å². The molecular formula is C21H35NO2. The van der Waals surface area contributed by atoms with Crippen LogP contribution in [0.5, 0.6) is 0 Å². The van der Waals surface area contributed by atoms with Crippen molar-refractivity contribution in [1.29, 1.82) is 0 Å². The van der Waals surface area contributed by atoms with Crippen LogP contribution in [0.4, 0.5) is 0 Å². The van der Waals surface area contributed by atoms with Crippen molar-refractivity contribution in [2.24, 2.45) is 45.8 Å². The maximum Gasteiger partial charge on any atom is 0.155 e. The maximum absolute atomic E-state index is 10.9. The first-order valence-electron chi connectivity index (χ1n) is 10.5. The van der Waals surface area contributed by atoms with Crippen LogP contribution in [0.1, 0.15) is 85.0 Å². The molecule has 0 bridgehead atoms. The minimum atomic E-state index is 0.0778. The van der Waals surface area contributed by atoms with Gasteiger partial charge in [0.15, 0.2) is 5.34 Å². The Balaban J connectivity index is 1.67. The molecule has 0 aromatic carbocycles.